The number of rotatable bonds is 4. The van der Waals surface area contributed by atoms with E-state index in [0.717, 1.165) is 5.56 Å². The molecule has 2 N–H and O–H groups in total. The molecule has 7 heteroatoms. The molecular formula is C14H15N5O2. The molecule has 108 valence electrons. The molecule has 0 spiro atoms. The molecule has 3 heterocycles. The predicted molar refractivity (Wildman–Crippen MR) is 74.4 cm³/mol. The van der Waals surface area contributed by atoms with Crippen molar-refractivity contribution in [1.82, 2.24) is 25.4 Å². The van der Waals surface area contributed by atoms with Gasteiger partial charge in [-0.1, -0.05) is 0 Å². The highest BCUT2D eigenvalue weighted by Crippen LogP contribution is 2.08. The van der Waals surface area contributed by atoms with Crippen LogP contribution in [-0.2, 0) is 16.1 Å². The van der Waals surface area contributed by atoms with E-state index in [1.807, 2.05) is 18.2 Å². The summed E-state index contributed by atoms with van der Waals surface area (Å²) in [6.45, 7) is 0.391. The Kier molecular flexibility index (Phi) is 3.63. The van der Waals surface area contributed by atoms with Gasteiger partial charge in [0.1, 0.15) is 6.04 Å². The molecule has 0 radical (unpaired) electrons. The fraction of sp³-hybridized carbons (Fsp3) is 0.286. The first-order valence-electron chi connectivity index (χ1n) is 6.74. The minimum absolute atomic E-state index is 0.0694. The Hall–Kier alpha value is -2.70. The smallest absolute Gasteiger partial charge is 0.242 e. The van der Waals surface area contributed by atoms with Crippen LogP contribution in [0.1, 0.15) is 18.4 Å². The minimum Gasteiger partial charge on any atom is -0.350 e. The zero-order valence-electron chi connectivity index (χ0n) is 11.3. The van der Waals surface area contributed by atoms with Crippen LogP contribution in [0.25, 0.3) is 5.82 Å². The Morgan fingerprint density at radius 2 is 2.38 bits per heavy atom. The van der Waals surface area contributed by atoms with Crippen molar-refractivity contribution in [3.63, 3.8) is 0 Å². The van der Waals surface area contributed by atoms with Crippen LogP contribution in [0.3, 0.4) is 0 Å². The second kappa shape index (κ2) is 5.74. The van der Waals surface area contributed by atoms with Crippen molar-refractivity contribution in [2.24, 2.45) is 0 Å². The maximum atomic E-state index is 11.9. The van der Waals surface area contributed by atoms with E-state index >= 15 is 0 Å². The summed E-state index contributed by atoms with van der Waals surface area (Å²) in [4.78, 5) is 27.2. The van der Waals surface area contributed by atoms with E-state index < -0.39 is 6.04 Å². The van der Waals surface area contributed by atoms with Gasteiger partial charge in [0, 0.05) is 31.6 Å². The van der Waals surface area contributed by atoms with E-state index in [-0.39, 0.29) is 11.8 Å². The molecular weight excluding hydrogens is 270 g/mol. The summed E-state index contributed by atoms with van der Waals surface area (Å²) in [5.41, 5.74) is 0.924. The van der Waals surface area contributed by atoms with E-state index in [1.54, 1.807) is 23.3 Å². The molecule has 0 aromatic carbocycles. The molecule has 1 atom stereocenters. The lowest BCUT2D eigenvalue weighted by Crippen LogP contribution is -2.41. The summed E-state index contributed by atoms with van der Waals surface area (Å²) >= 11 is 0. The number of amides is 2. The van der Waals surface area contributed by atoms with Gasteiger partial charge < -0.3 is 10.6 Å². The van der Waals surface area contributed by atoms with Crippen LogP contribution < -0.4 is 10.6 Å². The highest BCUT2D eigenvalue weighted by Gasteiger charge is 2.26. The summed E-state index contributed by atoms with van der Waals surface area (Å²) in [5, 5.41) is 9.58. The molecule has 0 bridgehead atoms. The van der Waals surface area contributed by atoms with Crippen LogP contribution in [0.2, 0.25) is 0 Å². The Morgan fingerprint density at radius 3 is 3.10 bits per heavy atom. The average molecular weight is 285 g/mol. The van der Waals surface area contributed by atoms with Crippen molar-refractivity contribution in [3.8, 4) is 5.82 Å². The average Bonchev–Trinajstić information content (AvgIpc) is 3.16. The van der Waals surface area contributed by atoms with Gasteiger partial charge in [-0.05, 0) is 30.2 Å². The third-order valence-electron chi connectivity index (χ3n) is 3.33. The summed E-state index contributed by atoms with van der Waals surface area (Å²) in [6, 6.07) is 5.10. The molecule has 0 unspecified atom stereocenters. The number of hydrogen-bond donors (Lipinski definition) is 2. The molecule has 2 amide bonds. The fourth-order valence-corrected chi connectivity index (χ4v) is 2.22. The Bertz CT molecular complexity index is 653. The van der Waals surface area contributed by atoms with Crippen LogP contribution in [0.5, 0.6) is 0 Å². The Labute approximate surface area is 121 Å². The van der Waals surface area contributed by atoms with Gasteiger partial charge in [0.15, 0.2) is 5.82 Å². The summed E-state index contributed by atoms with van der Waals surface area (Å²) < 4.78 is 1.66. The zero-order valence-corrected chi connectivity index (χ0v) is 11.3. The monoisotopic (exact) mass is 285 g/mol. The van der Waals surface area contributed by atoms with E-state index in [1.165, 1.54) is 0 Å². The lowest BCUT2D eigenvalue weighted by Gasteiger charge is -2.11. The van der Waals surface area contributed by atoms with E-state index in [4.69, 9.17) is 0 Å². The van der Waals surface area contributed by atoms with Crippen LogP contribution in [0.15, 0.2) is 36.8 Å². The number of carbonyl (C=O) groups is 2. The standard InChI is InChI=1S/C14H15N5O2/c20-13-3-2-11(18-13)14(21)16-9-10-4-6-15-12(8-10)19-7-1-5-17-19/h1,4-8,11H,2-3,9H2,(H,16,21)(H,18,20)/t11-/m0/s1. The van der Waals surface area contributed by atoms with Crippen LogP contribution in [-0.4, -0.2) is 32.6 Å². The first-order chi connectivity index (χ1) is 10.2. The number of hydrogen-bond acceptors (Lipinski definition) is 4. The second-order valence-corrected chi connectivity index (χ2v) is 4.85. The molecule has 1 aliphatic rings. The topological polar surface area (TPSA) is 88.9 Å². The van der Waals surface area contributed by atoms with Crippen molar-refractivity contribution < 1.29 is 9.59 Å². The van der Waals surface area contributed by atoms with E-state index in [2.05, 4.69) is 20.7 Å². The molecule has 1 saturated heterocycles. The van der Waals surface area contributed by atoms with Crippen LogP contribution in [0.4, 0.5) is 0 Å². The highest BCUT2D eigenvalue weighted by molar-refractivity contribution is 5.90. The number of nitrogens with one attached hydrogen (secondary N) is 2. The maximum Gasteiger partial charge on any atom is 0.242 e. The lowest BCUT2D eigenvalue weighted by molar-refractivity contribution is -0.125. The fourth-order valence-electron chi connectivity index (χ4n) is 2.22. The Morgan fingerprint density at radius 1 is 1.48 bits per heavy atom. The van der Waals surface area contributed by atoms with Gasteiger partial charge in [-0.15, -0.1) is 0 Å². The third kappa shape index (κ3) is 3.07. The van der Waals surface area contributed by atoms with Gasteiger partial charge in [0.05, 0.1) is 0 Å². The quantitative estimate of drug-likeness (QED) is 0.837. The molecule has 7 nitrogen and oxygen atoms in total. The summed E-state index contributed by atoms with van der Waals surface area (Å²) in [7, 11) is 0. The predicted octanol–water partition coefficient (Wildman–Crippen LogP) is 0.162. The molecule has 0 aliphatic carbocycles. The Balaban J connectivity index is 1.62. The first-order valence-corrected chi connectivity index (χ1v) is 6.74. The van der Waals surface area contributed by atoms with Crippen molar-refractivity contribution in [2.45, 2.75) is 25.4 Å². The van der Waals surface area contributed by atoms with Gasteiger partial charge in [-0.25, -0.2) is 9.67 Å². The van der Waals surface area contributed by atoms with Crippen molar-refractivity contribution >= 4 is 11.8 Å². The van der Waals surface area contributed by atoms with Gasteiger partial charge in [0.25, 0.3) is 0 Å². The number of pyridine rings is 1. The summed E-state index contributed by atoms with van der Waals surface area (Å²) in [6.07, 6.45) is 6.13. The first kappa shape index (κ1) is 13.3. The molecule has 21 heavy (non-hydrogen) atoms. The molecule has 2 aromatic rings. The van der Waals surface area contributed by atoms with Crippen molar-refractivity contribution in [3.05, 3.63) is 42.4 Å². The summed E-state index contributed by atoms with van der Waals surface area (Å²) in [5.74, 6) is 0.472. The molecule has 0 saturated carbocycles. The van der Waals surface area contributed by atoms with Gasteiger partial charge in [-0.3, -0.25) is 9.59 Å². The largest absolute Gasteiger partial charge is 0.350 e. The normalized spacial score (nSPS) is 17.5. The molecule has 3 rings (SSSR count). The van der Waals surface area contributed by atoms with Gasteiger partial charge in [-0.2, -0.15) is 5.10 Å². The van der Waals surface area contributed by atoms with E-state index in [0.29, 0.717) is 25.2 Å². The molecule has 1 fully saturated rings. The van der Waals surface area contributed by atoms with E-state index in [9.17, 15) is 9.59 Å². The highest BCUT2D eigenvalue weighted by atomic mass is 16.2. The molecule has 2 aromatic heterocycles. The zero-order chi connectivity index (χ0) is 14.7. The van der Waals surface area contributed by atoms with Gasteiger partial charge >= 0.3 is 0 Å². The molecule has 1 aliphatic heterocycles. The number of nitrogens with zero attached hydrogens (tertiary/aromatic N) is 3. The SMILES string of the molecule is O=C1CC[C@@H](C(=O)NCc2ccnc(-n3cccn3)c2)N1. The van der Waals surface area contributed by atoms with Crippen LogP contribution >= 0.6 is 0 Å². The lowest BCUT2D eigenvalue weighted by atomic mass is 10.2. The third-order valence-corrected chi connectivity index (χ3v) is 3.33. The van der Waals surface area contributed by atoms with Crippen molar-refractivity contribution in [2.75, 3.05) is 0 Å². The van der Waals surface area contributed by atoms with Crippen molar-refractivity contribution in [1.29, 1.82) is 0 Å². The maximum absolute atomic E-state index is 11.9. The number of aromatic nitrogens is 3. The second-order valence-electron chi connectivity index (χ2n) is 4.85. The number of carbonyl (C=O) groups excluding carboxylic acids is 2. The van der Waals surface area contributed by atoms with Crippen LogP contribution in [0, 0.1) is 0 Å². The van der Waals surface area contributed by atoms with Gasteiger partial charge in [0.2, 0.25) is 11.8 Å². The minimum atomic E-state index is -0.412.